The molecule has 4 aromatic carbocycles. The summed E-state index contributed by atoms with van der Waals surface area (Å²) >= 11 is 3.51. The molecule has 0 aromatic heterocycles. The van der Waals surface area contributed by atoms with Gasteiger partial charge in [-0.05, 0) is 72.5 Å². The van der Waals surface area contributed by atoms with Crippen molar-refractivity contribution in [2.75, 3.05) is 24.5 Å². The highest BCUT2D eigenvalue weighted by atomic mass is 79.9. The molecule has 8 nitrogen and oxygen atoms in total. The molecule has 2 amide bonds. The molecule has 4 aromatic rings. The second-order valence-electron chi connectivity index (χ2n) is 11.5. The fraction of sp³-hybridized carbons (Fsp3) is 0.278. The predicted octanol–water partition coefficient (Wildman–Crippen LogP) is 6.37. The van der Waals surface area contributed by atoms with Gasteiger partial charge in [-0.15, -0.1) is 0 Å². The summed E-state index contributed by atoms with van der Waals surface area (Å²) in [5.74, 6) is -0.116. The van der Waals surface area contributed by atoms with Gasteiger partial charge in [0, 0.05) is 24.0 Å². The van der Waals surface area contributed by atoms with Gasteiger partial charge in [-0.1, -0.05) is 89.9 Å². The zero-order chi connectivity index (χ0) is 33.3. The highest BCUT2D eigenvalue weighted by Crippen LogP contribution is 2.27. The number of aryl methyl sites for hydroxylation is 1. The summed E-state index contributed by atoms with van der Waals surface area (Å²) in [5.41, 5.74) is 2.94. The highest BCUT2D eigenvalue weighted by Gasteiger charge is 2.34. The van der Waals surface area contributed by atoms with E-state index in [1.165, 1.54) is 24.1 Å². The Morgan fingerprint density at radius 1 is 0.870 bits per heavy atom. The summed E-state index contributed by atoms with van der Waals surface area (Å²) in [4.78, 5) is 29.9. The van der Waals surface area contributed by atoms with Crippen molar-refractivity contribution in [2.45, 2.75) is 44.7 Å². The number of sulfonamides is 1. The standard InChI is InChI=1S/C36H40BrN3O5S/c1-26(2)23-38-36(42)34(22-28-9-6-5-7-10-28)39(24-29-11-8-12-30(37)21-29)35(41)25-40(31-15-13-27(3)14-16-31)46(43,44)33-19-17-32(45-4)18-20-33/h5-21,26,34H,22-25H2,1-4H3,(H,38,42)/t34-/m0/s1. The summed E-state index contributed by atoms with van der Waals surface area (Å²) in [5, 5.41) is 3.01. The van der Waals surface area contributed by atoms with Crippen molar-refractivity contribution < 1.29 is 22.7 Å². The molecule has 4 rings (SSSR count). The van der Waals surface area contributed by atoms with Crippen molar-refractivity contribution in [1.29, 1.82) is 0 Å². The average Bonchev–Trinajstić information content (AvgIpc) is 3.05. The van der Waals surface area contributed by atoms with Crippen molar-refractivity contribution in [2.24, 2.45) is 5.92 Å². The summed E-state index contributed by atoms with van der Waals surface area (Å²) < 4.78 is 35.5. The maximum Gasteiger partial charge on any atom is 0.264 e. The topological polar surface area (TPSA) is 96.0 Å². The molecular weight excluding hydrogens is 666 g/mol. The Bertz CT molecular complexity index is 1710. The largest absolute Gasteiger partial charge is 0.497 e. The van der Waals surface area contributed by atoms with Crippen LogP contribution in [0.4, 0.5) is 5.69 Å². The van der Waals surface area contributed by atoms with Crippen LogP contribution in [-0.4, -0.2) is 51.4 Å². The average molecular weight is 707 g/mol. The number of carbonyl (C=O) groups is 2. The lowest BCUT2D eigenvalue weighted by atomic mass is 10.0. The number of anilines is 1. The van der Waals surface area contributed by atoms with Crippen LogP contribution in [0.2, 0.25) is 0 Å². The van der Waals surface area contributed by atoms with E-state index in [1.54, 1.807) is 36.4 Å². The van der Waals surface area contributed by atoms with Gasteiger partial charge in [-0.25, -0.2) is 8.42 Å². The number of nitrogens with zero attached hydrogens (tertiary/aromatic N) is 2. The molecule has 0 unspecified atom stereocenters. The molecular formula is C36H40BrN3O5S. The monoisotopic (exact) mass is 705 g/mol. The van der Waals surface area contributed by atoms with Crippen LogP contribution in [0.3, 0.4) is 0 Å². The molecule has 0 spiro atoms. The Kier molecular flexibility index (Phi) is 12.0. The first-order chi connectivity index (χ1) is 22.0. The van der Waals surface area contributed by atoms with Gasteiger partial charge in [0.2, 0.25) is 11.8 Å². The molecule has 0 radical (unpaired) electrons. The van der Waals surface area contributed by atoms with Gasteiger partial charge in [0.25, 0.3) is 10.0 Å². The lowest BCUT2D eigenvalue weighted by Gasteiger charge is -2.34. The third kappa shape index (κ3) is 9.20. The van der Waals surface area contributed by atoms with E-state index in [9.17, 15) is 18.0 Å². The van der Waals surface area contributed by atoms with E-state index in [0.29, 0.717) is 18.0 Å². The van der Waals surface area contributed by atoms with E-state index in [0.717, 1.165) is 25.5 Å². The second-order valence-corrected chi connectivity index (χ2v) is 14.3. The molecule has 0 bridgehead atoms. The van der Waals surface area contributed by atoms with Gasteiger partial charge in [-0.3, -0.25) is 13.9 Å². The number of benzene rings is 4. The molecule has 0 fully saturated rings. The van der Waals surface area contributed by atoms with E-state index in [1.807, 2.05) is 75.4 Å². The van der Waals surface area contributed by atoms with Crippen molar-refractivity contribution in [3.05, 3.63) is 124 Å². The Labute approximate surface area is 280 Å². The zero-order valence-corrected chi connectivity index (χ0v) is 28.9. The van der Waals surface area contributed by atoms with E-state index in [4.69, 9.17) is 4.74 Å². The zero-order valence-electron chi connectivity index (χ0n) is 26.5. The smallest absolute Gasteiger partial charge is 0.264 e. The number of hydrogen-bond donors (Lipinski definition) is 1. The van der Waals surface area contributed by atoms with Crippen molar-refractivity contribution in [3.8, 4) is 5.75 Å². The van der Waals surface area contributed by atoms with E-state index in [-0.39, 0.29) is 29.7 Å². The first-order valence-corrected chi connectivity index (χ1v) is 17.3. The van der Waals surface area contributed by atoms with Crippen molar-refractivity contribution in [1.82, 2.24) is 10.2 Å². The molecule has 10 heteroatoms. The number of rotatable bonds is 14. The van der Waals surface area contributed by atoms with E-state index < -0.39 is 28.5 Å². The van der Waals surface area contributed by atoms with Crippen LogP contribution >= 0.6 is 15.9 Å². The van der Waals surface area contributed by atoms with Gasteiger partial charge in [-0.2, -0.15) is 0 Å². The molecule has 1 atom stereocenters. The molecule has 1 N–H and O–H groups in total. The van der Waals surface area contributed by atoms with E-state index in [2.05, 4.69) is 21.2 Å². The third-order valence-electron chi connectivity index (χ3n) is 7.45. The highest BCUT2D eigenvalue weighted by molar-refractivity contribution is 9.10. The number of halogens is 1. The maximum absolute atomic E-state index is 14.5. The molecule has 242 valence electrons. The second kappa shape index (κ2) is 15.9. The molecule has 0 heterocycles. The number of amides is 2. The fourth-order valence-corrected chi connectivity index (χ4v) is 6.78. The summed E-state index contributed by atoms with van der Waals surface area (Å²) in [6, 6.07) is 29.1. The Morgan fingerprint density at radius 3 is 2.13 bits per heavy atom. The van der Waals surface area contributed by atoms with Gasteiger partial charge >= 0.3 is 0 Å². The Hall–Kier alpha value is -4.15. The first-order valence-electron chi connectivity index (χ1n) is 15.1. The number of hydrogen-bond acceptors (Lipinski definition) is 5. The molecule has 0 aliphatic carbocycles. The van der Waals surface area contributed by atoms with Crippen molar-refractivity contribution >= 4 is 43.5 Å². The van der Waals surface area contributed by atoms with Gasteiger partial charge in [0.05, 0.1) is 17.7 Å². The molecule has 46 heavy (non-hydrogen) atoms. The van der Waals surface area contributed by atoms with Gasteiger partial charge in [0.15, 0.2) is 0 Å². The third-order valence-corrected chi connectivity index (χ3v) is 9.73. The van der Waals surface area contributed by atoms with Crippen LogP contribution in [0.1, 0.15) is 30.5 Å². The number of ether oxygens (including phenoxy) is 1. The van der Waals surface area contributed by atoms with Gasteiger partial charge in [0.1, 0.15) is 18.3 Å². The molecule has 0 aliphatic rings. The summed E-state index contributed by atoms with van der Waals surface area (Å²) in [6.45, 7) is 5.91. The summed E-state index contributed by atoms with van der Waals surface area (Å²) in [7, 11) is -2.70. The van der Waals surface area contributed by atoms with Crippen molar-refractivity contribution in [3.63, 3.8) is 0 Å². The first kappa shape index (κ1) is 34.7. The predicted molar refractivity (Wildman–Crippen MR) is 185 cm³/mol. The van der Waals surface area contributed by atoms with Crippen LogP contribution in [-0.2, 0) is 32.6 Å². The molecule has 0 aliphatic heterocycles. The van der Waals surface area contributed by atoms with Crippen LogP contribution in [0.5, 0.6) is 5.75 Å². The Balaban J connectivity index is 1.79. The van der Waals surface area contributed by atoms with E-state index >= 15 is 0 Å². The minimum absolute atomic E-state index is 0.00993. The van der Waals surface area contributed by atoms with Gasteiger partial charge < -0.3 is 15.0 Å². The number of nitrogens with one attached hydrogen (secondary N) is 1. The van der Waals surface area contributed by atoms with Crippen LogP contribution in [0.25, 0.3) is 0 Å². The molecule has 0 saturated carbocycles. The minimum Gasteiger partial charge on any atom is -0.497 e. The SMILES string of the molecule is COc1ccc(S(=O)(=O)N(CC(=O)N(Cc2cccc(Br)c2)[C@@H](Cc2ccccc2)C(=O)NCC(C)C)c2ccc(C)cc2)cc1. The quantitative estimate of drug-likeness (QED) is 0.164. The van der Waals surface area contributed by atoms with Crippen LogP contribution in [0, 0.1) is 12.8 Å². The lowest BCUT2D eigenvalue weighted by Crippen LogP contribution is -2.53. The maximum atomic E-state index is 14.5. The van der Waals surface area contributed by atoms with Crippen LogP contribution in [0.15, 0.2) is 112 Å². The number of carbonyl (C=O) groups excluding carboxylic acids is 2. The van der Waals surface area contributed by atoms with Crippen LogP contribution < -0.4 is 14.4 Å². The summed E-state index contributed by atoms with van der Waals surface area (Å²) in [6.07, 6.45) is 0.250. The Morgan fingerprint density at radius 2 is 1.52 bits per heavy atom. The normalized spacial score (nSPS) is 12.0. The lowest BCUT2D eigenvalue weighted by molar-refractivity contribution is -0.140. The molecule has 0 saturated heterocycles. The minimum atomic E-state index is -4.20. The fourth-order valence-electron chi connectivity index (χ4n) is 4.92. The number of methoxy groups -OCH3 is 1.